The van der Waals surface area contributed by atoms with Gasteiger partial charge in [0.25, 0.3) is 11.6 Å². The molecular weight excluding hydrogens is 380 g/mol. The third-order valence-electron chi connectivity index (χ3n) is 3.21. The van der Waals surface area contributed by atoms with Crippen LogP contribution in [0.2, 0.25) is 5.02 Å². The molecule has 2 rings (SSSR count). The quantitative estimate of drug-likeness (QED) is 0.331. The average molecular weight is 395 g/mol. The Morgan fingerprint density at radius 2 is 1.88 bits per heavy atom. The number of hydrogen-bond acceptors (Lipinski definition) is 6. The topological polar surface area (TPSA) is 98.5 Å². The van der Waals surface area contributed by atoms with Gasteiger partial charge in [0.2, 0.25) is 0 Å². The third-order valence-corrected chi connectivity index (χ3v) is 4.53. The Morgan fingerprint density at radius 3 is 2.50 bits per heavy atom. The highest BCUT2D eigenvalue weighted by Crippen LogP contribution is 2.22. The van der Waals surface area contributed by atoms with Crippen molar-refractivity contribution in [2.75, 3.05) is 11.1 Å². The molecule has 1 amide bonds. The number of ether oxygens (including phenoxy) is 1. The number of anilines is 1. The summed E-state index contributed by atoms with van der Waals surface area (Å²) < 4.78 is 5.08. The van der Waals surface area contributed by atoms with Gasteiger partial charge in [0, 0.05) is 17.0 Å². The third kappa shape index (κ3) is 5.75. The molecule has 1 atom stereocenters. The first kappa shape index (κ1) is 19.7. The van der Waals surface area contributed by atoms with Gasteiger partial charge >= 0.3 is 5.97 Å². The minimum atomic E-state index is -0.990. The van der Waals surface area contributed by atoms with Crippen molar-refractivity contribution < 1.29 is 19.2 Å². The highest BCUT2D eigenvalue weighted by Gasteiger charge is 2.19. The van der Waals surface area contributed by atoms with Crippen LogP contribution in [0.1, 0.15) is 6.92 Å². The fraction of sp³-hybridized carbons (Fsp3) is 0.176. The van der Waals surface area contributed by atoms with Gasteiger partial charge in [-0.2, -0.15) is 0 Å². The fourth-order valence-electron chi connectivity index (χ4n) is 1.89. The zero-order valence-electron chi connectivity index (χ0n) is 13.7. The van der Waals surface area contributed by atoms with E-state index in [0.29, 0.717) is 15.6 Å². The zero-order chi connectivity index (χ0) is 19.1. The van der Waals surface area contributed by atoms with Gasteiger partial charge in [-0.15, -0.1) is 11.8 Å². The lowest BCUT2D eigenvalue weighted by Gasteiger charge is -2.14. The summed E-state index contributed by atoms with van der Waals surface area (Å²) in [5.41, 5.74) is 0.407. The zero-order valence-corrected chi connectivity index (χ0v) is 15.3. The minimum absolute atomic E-state index is 0.0261. The number of nitro groups is 1. The molecule has 0 heterocycles. The number of halogens is 1. The second-order valence-electron chi connectivity index (χ2n) is 5.14. The van der Waals surface area contributed by atoms with Crippen molar-refractivity contribution in [3.63, 3.8) is 0 Å². The van der Waals surface area contributed by atoms with Crippen LogP contribution in [-0.2, 0) is 14.3 Å². The largest absolute Gasteiger partial charge is 0.452 e. The molecule has 0 aliphatic carbocycles. The van der Waals surface area contributed by atoms with Crippen molar-refractivity contribution in [3.8, 4) is 0 Å². The van der Waals surface area contributed by atoms with Crippen LogP contribution in [0.5, 0.6) is 0 Å². The summed E-state index contributed by atoms with van der Waals surface area (Å²) in [5.74, 6) is -1.09. The minimum Gasteiger partial charge on any atom is -0.452 e. The summed E-state index contributed by atoms with van der Waals surface area (Å²) in [6.07, 6.45) is -0.990. The number of benzene rings is 2. The van der Waals surface area contributed by atoms with Gasteiger partial charge in [-0.05, 0) is 31.2 Å². The van der Waals surface area contributed by atoms with Crippen LogP contribution in [0.25, 0.3) is 0 Å². The molecule has 0 radical (unpaired) electrons. The molecule has 0 aliphatic heterocycles. The van der Waals surface area contributed by atoms with Crippen LogP contribution < -0.4 is 5.32 Å². The number of amides is 1. The fourth-order valence-corrected chi connectivity index (χ4v) is 2.75. The number of nitrogens with one attached hydrogen (secondary N) is 1. The summed E-state index contributed by atoms with van der Waals surface area (Å²) in [6, 6.07) is 12.5. The van der Waals surface area contributed by atoms with Crippen molar-refractivity contribution in [1.82, 2.24) is 0 Å². The predicted octanol–water partition coefficient (Wildman–Crippen LogP) is 3.91. The van der Waals surface area contributed by atoms with Gasteiger partial charge in [0.1, 0.15) is 0 Å². The predicted molar refractivity (Wildman–Crippen MR) is 99.5 cm³/mol. The van der Waals surface area contributed by atoms with Crippen LogP contribution in [0.15, 0.2) is 53.4 Å². The summed E-state index contributed by atoms with van der Waals surface area (Å²) in [7, 11) is 0. The number of esters is 1. The van der Waals surface area contributed by atoms with Gasteiger partial charge in [-0.3, -0.25) is 19.7 Å². The van der Waals surface area contributed by atoms with E-state index in [-0.39, 0.29) is 11.4 Å². The Hall–Kier alpha value is -2.58. The van der Waals surface area contributed by atoms with E-state index in [1.807, 2.05) is 0 Å². The Labute approximate surface area is 158 Å². The highest BCUT2D eigenvalue weighted by atomic mass is 35.5. The van der Waals surface area contributed by atoms with E-state index in [1.54, 1.807) is 36.4 Å². The number of carbonyl (C=O) groups is 2. The molecule has 9 heteroatoms. The van der Waals surface area contributed by atoms with E-state index < -0.39 is 22.9 Å². The first-order valence-electron chi connectivity index (χ1n) is 7.49. The van der Waals surface area contributed by atoms with Gasteiger partial charge in [-0.25, -0.2) is 0 Å². The van der Waals surface area contributed by atoms with Gasteiger partial charge in [0.15, 0.2) is 6.10 Å². The number of carbonyl (C=O) groups excluding carboxylic acids is 2. The molecule has 0 saturated carbocycles. The normalized spacial score (nSPS) is 11.5. The molecule has 136 valence electrons. The van der Waals surface area contributed by atoms with Crippen molar-refractivity contribution in [2.45, 2.75) is 17.9 Å². The van der Waals surface area contributed by atoms with Crippen LogP contribution in [0.4, 0.5) is 11.4 Å². The van der Waals surface area contributed by atoms with Crippen LogP contribution >= 0.6 is 23.4 Å². The van der Waals surface area contributed by atoms with E-state index >= 15 is 0 Å². The molecule has 0 unspecified atom stereocenters. The molecule has 26 heavy (non-hydrogen) atoms. The molecule has 0 bridgehead atoms. The van der Waals surface area contributed by atoms with Crippen molar-refractivity contribution in [1.29, 1.82) is 0 Å². The molecule has 0 spiro atoms. The maximum atomic E-state index is 12.1. The van der Waals surface area contributed by atoms with Gasteiger partial charge < -0.3 is 10.1 Å². The highest BCUT2D eigenvalue weighted by molar-refractivity contribution is 8.00. The Morgan fingerprint density at radius 1 is 1.23 bits per heavy atom. The van der Waals surface area contributed by atoms with Crippen LogP contribution in [-0.4, -0.2) is 28.7 Å². The lowest BCUT2D eigenvalue weighted by molar-refractivity contribution is -0.384. The summed E-state index contributed by atoms with van der Waals surface area (Å²) in [6.45, 7) is 1.46. The monoisotopic (exact) mass is 394 g/mol. The number of non-ortho nitro benzene ring substituents is 1. The second-order valence-corrected chi connectivity index (χ2v) is 6.60. The van der Waals surface area contributed by atoms with E-state index in [4.69, 9.17) is 16.3 Å². The molecule has 0 saturated heterocycles. The average Bonchev–Trinajstić information content (AvgIpc) is 2.62. The maximum absolute atomic E-state index is 12.1. The summed E-state index contributed by atoms with van der Waals surface area (Å²) in [5, 5.41) is 13.6. The molecule has 1 N–H and O–H groups in total. The molecule has 7 nitrogen and oxygen atoms in total. The molecular formula is C17H15ClN2O5S. The molecule has 0 aromatic heterocycles. The van der Waals surface area contributed by atoms with E-state index in [1.165, 1.54) is 19.1 Å². The Kier molecular flexibility index (Phi) is 6.99. The first-order chi connectivity index (χ1) is 12.4. The number of rotatable bonds is 7. The van der Waals surface area contributed by atoms with Crippen LogP contribution in [0, 0.1) is 10.1 Å². The van der Waals surface area contributed by atoms with E-state index in [9.17, 15) is 19.7 Å². The maximum Gasteiger partial charge on any atom is 0.317 e. The van der Waals surface area contributed by atoms with Crippen LogP contribution in [0.3, 0.4) is 0 Å². The van der Waals surface area contributed by atoms with Gasteiger partial charge in [0.05, 0.1) is 21.4 Å². The van der Waals surface area contributed by atoms with Crippen molar-refractivity contribution in [2.24, 2.45) is 0 Å². The van der Waals surface area contributed by atoms with Gasteiger partial charge in [-0.1, -0.05) is 23.7 Å². The number of para-hydroxylation sites is 1. The molecule has 2 aromatic rings. The Bertz CT molecular complexity index is 813. The Balaban J connectivity index is 1.82. The second kappa shape index (κ2) is 9.21. The first-order valence-corrected chi connectivity index (χ1v) is 8.85. The van der Waals surface area contributed by atoms with E-state index in [0.717, 1.165) is 11.8 Å². The SMILES string of the molecule is C[C@H](OC(=O)CSc1ccc([N+](=O)[O-])cc1)C(=O)Nc1ccccc1Cl. The van der Waals surface area contributed by atoms with Crippen molar-refractivity contribution >= 4 is 46.6 Å². The molecule has 0 fully saturated rings. The summed E-state index contributed by atoms with van der Waals surface area (Å²) in [4.78, 5) is 34.7. The lowest BCUT2D eigenvalue weighted by Crippen LogP contribution is -2.30. The standard InChI is InChI=1S/C17H15ClN2O5S/c1-11(17(22)19-15-5-3-2-4-14(15)18)25-16(21)10-26-13-8-6-12(7-9-13)20(23)24/h2-9,11H,10H2,1H3,(H,19,22)/t11-/m0/s1. The lowest BCUT2D eigenvalue weighted by atomic mass is 10.3. The summed E-state index contributed by atoms with van der Waals surface area (Å²) >= 11 is 7.12. The number of nitro benzene ring substituents is 1. The smallest absolute Gasteiger partial charge is 0.317 e. The molecule has 2 aromatic carbocycles. The number of nitrogens with zero attached hydrogens (tertiary/aromatic N) is 1. The van der Waals surface area contributed by atoms with E-state index in [2.05, 4.69) is 5.32 Å². The van der Waals surface area contributed by atoms with Crippen molar-refractivity contribution in [3.05, 3.63) is 63.7 Å². The number of hydrogen-bond donors (Lipinski definition) is 1. The number of thioether (sulfide) groups is 1. The molecule has 0 aliphatic rings.